The number of anilines is 1. The maximum atomic E-state index is 12.2. The first kappa shape index (κ1) is 20.4. The standard InChI is InChI=1S/C17H21N5O4S/c1-9-6-10(2)15(11(3)7-9)19-13(23)8-27-17-21-20-12(4-5-14(24)25)16(26)22(17)18/h6-7H,4-5,8,18H2,1-3H3,(H,19,23)(H,24,25). The molecular weight excluding hydrogens is 370 g/mol. The van der Waals surface area contributed by atoms with Crippen molar-refractivity contribution in [3.05, 3.63) is 44.9 Å². The fraction of sp³-hybridized carbons (Fsp3) is 0.353. The summed E-state index contributed by atoms with van der Waals surface area (Å²) >= 11 is 0.973. The van der Waals surface area contributed by atoms with Gasteiger partial charge in [-0.1, -0.05) is 29.5 Å². The molecule has 0 fully saturated rings. The Balaban J connectivity index is 2.04. The van der Waals surface area contributed by atoms with E-state index in [9.17, 15) is 14.4 Å². The Bertz CT molecular complexity index is 918. The van der Waals surface area contributed by atoms with Gasteiger partial charge in [-0.3, -0.25) is 14.4 Å². The van der Waals surface area contributed by atoms with Crippen molar-refractivity contribution < 1.29 is 14.7 Å². The lowest BCUT2D eigenvalue weighted by Crippen LogP contribution is -2.34. The lowest BCUT2D eigenvalue weighted by Gasteiger charge is -2.13. The lowest BCUT2D eigenvalue weighted by atomic mass is 10.1. The highest BCUT2D eigenvalue weighted by atomic mass is 32.2. The van der Waals surface area contributed by atoms with Crippen LogP contribution in [0.5, 0.6) is 0 Å². The summed E-state index contributed by atoms with van der Waals surface area (Å²) in [5.41, 5.74) is 3.14. The number of carbonyl (C=O) groups is 2. The number of nitrogens with one attached hydrogen (secondary N) is 1. The van der Waals surface area contributed by atoms with Crippen LogP contribution in [0, 0.1) is 20.8 Å². The van der Waals surface area contributed by atoms with E-state index in [4.69, 9.17) is 10.9 Å². The van der Waals surface area contributed by atoms with Crippen molar-refractivity contribution in [2.45, 2.75) is 38.8 Å². The summed E-state index contributed by atoms with van der Waals surface area (Å²) in [6, 6.07) is 3.96. The predicted octanol–water partition coefficient (Wildman–Crippen LogP) is 1.03. The number of nitrogens with zero attached hydrogens (tertiary/aromatic N) is 3. The normalized spacial score (nSPS) is 10.6. The zero-order valence-corrected chi connectivity index (χ0v) is 16.1. The molecule has 1 heterocycles. The minimum absolute atomic E-state index is 0.00739. The third kappa shape index (κ3) is 5.30. The molecule has 27 heavy (non-hydrogen) atoms. The zero-order valence-electron chi connectivity index (χ0n) is 15.3. The number of nitrogen functional groups attached to an aromatic ring is 1. The first-order valence-corrected chi connectivity index (χ1v) is 9.13. The fourth-order valence-electron chi connectivity index (χ4n) is 2.58. The van der Waals surface area contributed by atoms with Gasteiger partial charge in [0.2, 0.25) is 11.1 Å². The maximum absolute atomic E-state index is 12.2. The van der Waals surface area contributed by atoms with Gasteiger partial charge >= 0.3 is 5.97 Å². The van der Waals surface area contributed by atoms with Gasteiger partial charge in [0.1, 0.15) is 5.69 Å². The molecule has 0 aliphatic rings. The first-order chi connectivity index (χ1) is 12.7. The summed E-state index contributed by atoms with van der Waals surface area (Å²) in [5.74, 6) is 4.38. The van der Waals surface area contributed by atoms with Gasteiger partial charge in [-0.15, -0.1) is 10.2 Å². The number of hydrogen-bond donors (Lipinski definition) is 3. The van der Waals surface area contributed by atoms with Crippen LogP contribution in [0.1, 0.15) is 28.8 Å². The Labute approximate surface area is 160 Å². The molecule has 0 unspecified atom stereocenters. The number of rotatable bonds is 7. The molecule has 0 saturated heterocycles. The predicted molar refractivity (Wildman–Crippen MR) is 102 cm³/mol. The molecule has 9 nitrogen and oxygen atoms in total. The van der Waals surface area contributed by atoms with Gasteiger partial charge in [-0.2, -0.15) is 4.68 Å². The summed E-state index contributed by atoms with van der Waals surface area (Å²) in [7, 11) is 0. The smallest absolute Gasteiger partial charge is 0.303 e. The summed E-state index contributed by atoms with van der Waals surface area (Å²) < 4.78 is 0.782. The van der Waals surface area contributed by atoms with E-state index in [0.29, 0.717) is 0 Å². The number of carbonyl (C=O) groups excluding carboxylic acids is 1. The van der Waals surface area contributed by atoms with Crippen LogP contribution in [0.3, 0.4) is 0 Å². The quantitative estimate of drug-likeness (QED) is 0.469. The minimum atomic E-state index is -1.04. The molecule has 1 aromatic heterocycles. The SMILES string of the molecule is Cc1cc(C)c(NC(=O)CSc2nnc(CCC(=O)O)c(=O)n2N)c(C)c1. The van der Waals surface area contributed by atoms with Crippen molar-refractivity contribution >= 4 is 29.3 Å². The second-order valence-corrected chi connectivity index (χ2v) is 7.05. The van der Waals surface area contributed by atoms with Crippen molar-refractivity contribution in [3.8, 4) is 0 Å². The Morgan fingerprint density at radius 2 is 1.85 bits per heavy atom. The van der Waals surface area contributed by atoms with Crippen LogP contribution in [-0.4, -0.2) is 37.6 Å². The average molecular weight is 391 g/mol. The molecule has 2 aromatic rings. The number of hydrogen-bond acceptors (Lipinski definition) is 7. The highest BCUT2D eigenvalue weighted by Crippen LogP contribution is 2.22. The average Bonchev–Trinajstić information content (AvgIpc) is 2.58. The maximum Gasteiger partial charge on any atom is 0.303 e. The van der Waals surface area contributed by atoms with Crippen LogP contribution in [-0.2, 0) is 16.0 Å². The Hall–Kier alpha value is -2.88. The minimum Gasteiger partial charge on any atom is -0.481 e. The van der Waals surface area contributed by atoms with Gasteiger partial charge in [0, 0.05) is 12.1 Å². The molecule has 144 valence electrons. The summed E-state index contributed by atoms with van der Waals surface area (Å²) in [6.07, 6.45) is -0.302. The third-order valence-corrected chi connectivity index (χ3v) is 4.72. The summed E-state index contributed by atoms with van der Waals surface area (Å²) in [6.45, 7) is 5.82. The molecule has 0 saturated carbocycles. The summed E-state index contributed by atoms with van der Waals surface area (Å²) in [4.78, 5) is 34.9. The number of carboxylic acids is 1. The van der Waals surface area contributed by atoms with Crippen LogP contribution in [0.25, 0.3) is 0 Å². The van der Waals surface area contributed by atoms with Crippen molar-refractivity contribution in [2.75, 3.05) is 16.9 Å². The number of nitrogens with two attached hydrogens (primary N) is 1. The number of amides is 1. The van der Waals surface area contributed by atoms with Gasteiger partial charge < -0.3 is 16.3 Å². The zero-order chi connectivity index (χ0) is 20.1. The number of aliphatic carboxylic acids is 1. The van der Waals surface area contributed by atoms with Crippen LogP contribution in [0.15, 0.2) is 22.1 Å². The molecule has 0 aliphatic heterocycles. The number of carboxylic acid groups (broad SMARTS) is 1. The van der Waals surface area contributed by atoms with Gasteiger partial charge in [-0.25, -0.2) is 0 Å². The van der Waals surface area contributed by atoms with Crippen LogP contribution in [0.4, 0.5) is 5.69 Å². The largest absolute Gasteiger partial charge is 0.481 e. The van der Waals surface area contributed by atoms with E-state index in [1.54, 1.807) is 0 Å². The molecule has 2 rings (SSSR count). The number of benzene rings is 1. The highest BCUT2D eigenvalue weighted by molar-refractivity contribution is 7.99. The number of thioether (sulfide) groups is 1. The van der Waals surface area contributed by atoms with E-state index < -0.39 is 11.5 Å². The molecule has 0 atom stereocenters. The molecule has 10 heteroatoms. The molecule has 0 bridgehead atoms. The first-order valence-electron chi connectivity index (χ1n) is 8.15. The summed E-state index contributed by atoms with van der Waals surface area (Å²) in [5, 5.41) is 19.2. The van der Waals surface area contributed by atoms with E-state index in [1.165, 1.54) is 0 Å². The molecule has 1 amide bonds. The number of aromatic nitrogens is 3. The molecule has 1 aromatic carbocycles. The highest BCUT2D eigenvalue weighted by Gasteiger charge is 2.14. The van der Waals surface area contributed by atoms with Crippen LogP contribution >= 0.6 is 11.8 Å². The van der Waals surface area contributed by atoms with Gasteiger partial charge in [0.25, 0.3) is 5.56 Å². The Morgan fingerprint density at radius 1 is 1.22 bits per heavy atom. The van der Waals surface area contributed by atoms with Crippen molar-refractivity contribution in [2.24, 2.45) is 0 Å². The third-order valence-electron chi connectivity index (χ3n) is 3.78. The monoisotopic (exact) mass is 391 g/mol. The van der Waals surface area contributed by atoms with Crippen molar-refractivity contribution in [3.63, 3.8) is 0 Å². The van der Waals surface area contributed by atoms with Crippen molar-refractivity contribution in [1.29, 1.82) is 0 Å². The molecular formula is C17H21N5O4S. The Morgan fingerprint density at radius 3 is 2.44 bits per heavy atom. The second-order valence-electron chi connectivity index (χ2n) is 6.11. The van der Waals surface area contributed by atoms with Gasteiger partial charge in [-0.05, 0) is 31.9 Å². The molecule has 4 N–H and O–H groups in total. The topological polar surface area (TPSA) is 140 Å². The van der Waals surface area contributed by atoms with E-state index in [2.05, 4.69) is 15.5 Å². The molecule has 0 aliphatic carbocycles. The lowest BCUT2D eigenvalue weighted by molar-refractivity contribution is -0.137. The van der Waals surface area contributed by atoms with E-state index in [1.807, 2.05) is 32.9 Å². The van der Waals surface area contributed by atoms with Gasteiger partial charge in [0.05, 0.1) is 12.2 Å². The van der Waals surface area contributed by atoms with Crippen LogP contribution < -0.4 is 16.7 Å². The molecule has 0 radical (unpaired) electrons. The van der Waals surface area contributed by atoms with E-state index in [0.717, 1.165) is 38.8 Å². The van der Waals surface area contributed by atoms with E-state index in [-0.39, 0.29) is 35.4 Å². The number of aryl methyl sites for hydroxylation is 4. The Kier molecular flexibility index (Phi) is 6.56. The van der Waals surface area contributed by atoms with Crippen LogP contribution in [0.2, 0.25) is 0 Å². The van der Waals surface area contributed by atoms with Gasteiger partial charge in [0.15, 0.2) is 0 Å². The second kappa shape index (κ2) is 8.67. The molecule has 0 spiro atoms. The fourth-order valence-corrected chi connectivity index (χ4v) is 3.24. The van der Waals surface area contributed by atoms with E-state index >= 15 is 0 Å². The van der Waals surface area contributed by atoms with Crippen molar-refractivity contribution in [1.82, 2.24) is 14.9 Å².